The summed E-state index contributed by atoms with van der Waals surface area (Å²) in [4.78, 5) is 38.6. The Morgan fingerprint density at radius 1 is 1.11 bits per heavy atom. The van der Waals surface area contributed by atoms with Crippen molar-refractivity contribution in [3.8, 4) is 0 Å². The van der Waals surface area contributed by atoms with Crippen LogP contribution < -0.4 is 5.56 Å². The van der Waals surface area contributed by atoms with E-state index in [1.54, 1.807) is 10.6 Å². The molecule has 0 bridgehead atoms. The molecule has 0 unspecified atom stereocenters. The molecule has 38 heavy (non-hydrogen) atoms. The summed E-state index contributed by atoms with van der Waals surface area (Å²) >= 11 is 1.52. The van der Waals surface area contributed by atoms with Crippen LogP contribution in [0.4, 0.5) is 4.39 Å². The van der Waals surface area contributed by atoms with Gasteiger partial charge in [0.05, 0.1) is 10.9 Å². The molecule has 4 aromatic rings. The normalized spacial score (nSPS) is 14.7. The Balaban J connectivity index is 1.28. The van der Waals surface area contributed by atoms with Crippen molar-refractivity contribution in [1.29, 1.82) is 0 Å². The second kappa shape index (κ2) is 11.7. The van der Waals surface area contributed by atoms with E-state index in [2.05, 4.69) is 35.9 Å². The number of fused-ring (bicyclic) bond motifs is 2. The van der Waals surface area contributed by atoms with Crippen LogP contribution in [0.2, 0.25) is 0 Å². The first kappa shape index (κ1) is 26.4. The van der Waals surface area contributed by atoms with Gasteiger partial charge in [0.2, 0.25) is 5.91 Å². The zero-order valence-electron chi connectivity index (χ0n) is 22.0. The number of carbonyl (C=O) groups is 1. The number of hydrogen-bond acceptors (Lipinski definition) is 5. The van der Waals surface area contributed by atoms with E-state index in [-0.39, 0.29) is 16.9 Å². The van der Waals surface area contributed by atoms with Crippen LogP contribution in [0.5, 0.6) is 0 Å². The highest BCUT2D eigenvalue weighted by molar-refractivity contribution is 7.99. The minimum absolute atomic E-state index is 0.120. The van der Waals surface area contributed by atoms with E-state index in [0.717, 1.165) is 43.9 Å². The Morgan fingerprint density at radius 3 is 2.68 bits per heavy atom. The van der Waals surface area contributed by atoms with Gasteiger partial charge < -0.3 is 9.88 Å². The highest BCUT2D eigenvalue weighted by atomic mass is 32.2. The molecule has 7 nitrogen and oxygen atoms in total. The van der Waals surface area contributed by atoms with Gasteiger partial charge in [0.15, 0.2) is 5.16 Å². The standard InChI is InChI=1S/C29H34FN5O2S/c1-20(2)33-13-15-34(16-14-33)27(36)8-5-12-35-28(37)24-18-22(30)9-10-26(24)32-29(35)38-17-11-21-19-31-25-7-4-3-6-23(21)25/h3-4,6-7,9-10,18-20,31H,5,8,11-17H2,1-2H3. The van der Waals surface area contributed by atoms with Gasteiger partial charge in [-0.15, -0.1) is 0 Å². The largest absolute Gasteiger partial charge is 0.361 e. The first-order valence-electron chi connectivity index (χ1n) is 13.3. The van der Waals surface area contributed by atoms with Crippen molar-refractivity contribution < 1.29 is 9.18 Å². The van der Waals surface area contributed by atoms with Crippen molar-refractivity contribution in [1.82, 2.24) is 24.3 Å². The van der Waals surface area contributed by atoms with Crippen LogP contribution in [0.3, 0.4) is 0 Å². The molecule has 1 aliphatic rings. The molecule has 1 aliphatic heterocycles. The molecule has 1 fully saturated rings. The number of aromatic amines is 1. The summed E-state index contributed by atoms with van der Waals surface area (Å²) in [7, 11) is 0. The highest BCUT2D eigenvalue weighted by Gasteiger charge is 2.22. The number of aryl methyl sites for hydroxylation is 1. The summed E-state index contributed by atoms with van der Waals surface area (Å²) in [5.41, 5.74) is 2.54. The Morgan fingerprint density at radius 2 is 1.89 bits per heavy atom. The first-order valence-corrected chi connectivity index (χ1v) is 14.3. The lowest BCUT2D eigenvalue weighted by Gasteiger charge is -2.37. The fourth-order valence-electron chi connectivity index (χ4n) is 5.11. The van der Waals surface area contributed by atoms with E-state index in [4.69, 9.17) is 4.98 Å². The Bertz CT molecular complexity index is 1490. The summed E-state index contributed by atoms with van der Waals surface area (Å²) in [6, 6.07) is 12.8. The SMILES string of the molecule is CC(C)N1CCN(C(=O)CCCn2c(SCCc3c[nH]c4ccccc34)nc3ccc(F)cc3c2=O)CC1. The van der Waals surface area contributed by atoms with E-state index in [9.17, 15) is 14.0 Å². The summed E-state index contributed by atoms with van der Waals surface area (Å²) in [5, 5.41) is 2.06. The number of nitrogens with zero attached hydrogens (tertiary/aromatic N) is 4. The van der Waals surface area contributed by atoms with Gasteiger partial charge in [-0.25, -0.2) is 9.37 Å². The quantitative estimate of drug-likeness (QED) is 0.249. The van der Waals surface area contributed by atoms with Gasteiger partial charge >= 0.3 is 0 Å². The molecule has 1 saturated heterocycles. The number of halogens is 1. The number of benzene rings is 2. The lowest BCUT2D eigenvalue weighted by atomic mass is 10.1. The molecular weight excluding hydrogens is 501 g/mol. The lowest BCUT2D eigenvalue weighted by Crippen LogP contribution is -2.50. The maximum atomic E-state index is 13.9. The van der Waals surface area contributed by atoms with Gasteiger partial charge in [-0.05, 0) is 56.5 Å². The molecule has 1 N–H and O–H groups in total. The van der Waals surface area contributed by atoms with Gasteiger partial charge in [0, 0.05) is 68.0 Å². The van der Waals surface area contributed by atoms with E-state index in [0.29, 0.717) is 36.1 Å². The topological polar surface area (TPSA) is 74.2 Å². The van der Waals surface area contributed by atoms with Crippen molar-refractivity contribution in [3.05, 3.63) is 70.4 Å². The van der Waals surface area contributed by atoms with Crippen molar-refractivity contribution in [2.75, 3.05) is 31.9 Å². The van der Waals surface area contributed by atoms with E-state index < -0.39 is 5.82 Å². The third kappa shape index (κ3) is 5.78. The summed E-state index contributed by atoms with van der Waals surface area (Å²) < 4.78 is 15.6. The molecule has 0 radical (unpaired) electrons. The van der Waals surface area contributed by atoms with Crippen molar-refractivity contribution in [3.63, 3.8) is 0 Å². The molecule has 0 saturated carbocycles. The number of aromatic nitrogens is 3. The van der Waals surface area contributed by atoms with Gasteiger partial charge in [0.25, 0.3) is 5.56 Å². The van der Waals surface area contributed by atoms with Crippen LogP contribution in [0.15, 0.2) is 58.6 Å². The van der Waals surface area contributed by atoms with Crippen LogP contribution in [0, 0.1) is 5.82 Å². The number of hydrogen-bond donors (Lipinski definition) is 1. The van der Waals surface area contributed by atoms with Crippen molar-refractivity contribution >= 4 is 39.5 Å². The van der Waals surface area contributed by atoms with E-state index in [1.807, 2.05) is 23.2 Å². The van der Waals surface area contributed by atoms with Gasteiger partial charge in [0.1, 0.15) is 5.82 Å². The second-order valence-electron chi connectivity index (χ2n) is 10.1. The molecule has 3 heterocycles. The Kier molecular flexibility index (Phi) is 8.14. The number of thioether (sulfide) groups is 1. The van der Waals surface area contributed by atoms with Crippen molar-refractivity contribution in [2.24, 2.45) is 0 Å². The maximum Gasteiger partial charge on any atom is 0.262 e. The molecule has 1 amide bonds. The van der Waals surface area contributed by atoms with Gasteiger partial charge in [-0.2, -0.15) is 0 Å². The van der Waals surface area contributed by atoms with Crippen LogP contribution in [-0.4, -0.2) is 68.2 Å². The van der Waals surface area contributed by atoms with Gasteiger partial charge in [-0.3, -0.25) is 19.1 Å². The minimum Gasteiger partial charge on any atom is -0.361 e. The average molecular weight is 536 g/mol. The molecular formula is C29H34FN5O2S. The molecule has 200 valence electrons. The number of para-hydroxylation sites is 1. The number of rotatable bonds is 9. The molecule has 0 aliphatic carbocycles. The second-order valence-corrected chi connectivity index (χ2v) is 11.1. The molecule has 9 heteroatoms. The highest BCUT2D eigenvalue weighted by Crippen LogP contribution is 2.23. The molecule has 0 atom stereocenters. The predicted octanol–water partition coefficient (Wildman–Crippen LogP) is 4.68. The fourth-order valence-corrected chi connectivity index (χ4v) is 6.10. The van der Waals surface area contributed by atoms with E-state index in [1.165, 1.54) is 34.8 Å². The van der Waals surface area contributed by atoms with Crippen LogP contribution >= 0.6 is 11.8 Å². The smallest absolute Gasteiger partial charge is 0.262 e. The van der Waals surface area contributed by atoms with E-state index >= 15 is 0 Å². The third-order valence-electron chi connectivity index (χ3n) is 7.33. The number of carbonyl (C=O) groups excluding carboxylic acids is 1. The Hall–Kier alpha value is -3.17. The number of piperazine rings is 1. The van der Waals surface area contributed by atoms with Gasteiger partial charge in [-0.1, -0.05) is 30.0 Å². The van der Waals surface area contributed by atoms with Crippen molar-refractivity contribution in [2.45, 2.75) is 50.9 Å². The average Bonchev–Trinajstić information content (AvgIpc) is 3.33. The number of nitrogens with one attached hydrogen (secondary N) is 1. The monoisotopic (exact) mass is 535 g/mol. The zero-order valence-corrected chi connectivity index (χ0v) is 22.8. The summed E-state index contributed by atoms with van der Waals surface area (Å²) in [6.45, 7) is 7.97. The Labute approximate surface area is 226 Å². The number of amides is 1. The molecule has 0 spiro atoms. The lowest BCUT2D eigenvalue weighted by molar-refractivity contribution is -0.133. The zero-order chi connectivity index (χ0) is 26.6. The predicted molar refractivity (Wildman–Crippen MR) is 151 cm³/mol. The molecule has 2 aromatic carbocycles. The summed E-state index contributed by atoms with van der Waals surface area (Å²) in [5.74, 6) is 0.397. The number of H-pyrrole nitrogens is 1. The van der Waals surface area contributed by atoms with Crippen LogP contribution in [0.25, 0.3) is 21.8 Å². The van der Waals surface area contributed by atoms with Crippen LogP contribution in [0.1, 0.15) is 32.3 Å². The summed E-state index contributed by atoms with van der Waals surface area (Å²) in [6.07, 6.45) is 3.74. The first-order chi connectivity index (χ1) is 18.4. The third-order valence-corrected chi connectivity index (χ3v) is 8.31. The van der Waals surface area contributed by atoms with Crippen LogP contribution in [-0.2, 0) is 17.8 Å². The fraction of sp³-hybridized carbons (Fsp3) is 0.414. The molecule has 5 rings (SSSR count). The maximum absolute atomic E-state index is 13.9. The minimum atomic E-state index is -0.460. The molecule has 2 aromatic heterocycles.